The number of carbonyl (C=O) groups is 1. The Bertz CT molecular complexity index is 326. The maximum absolute atomic E-state index is 11.4. The molecular formula is C9H13N3O2. The Kier molecular flexibility index (Phi) is 3.41. The lowest BCUT2D eigenvalue weighted by molar-refractivity contribution is 0.0924. The first-order chi connectivity index (χ1) is 6.61. The van der Waals surface area contributed by atoms with Crippen LogP contribution in [-0.4, -0.2) is 28.6 Å². The van der Waals surface area contributed by atoms with Gasteiger partial charge < -0.3 is 16.2 Å². The SMILES string of the molecule is CC(O)CNC(=O)c1cnccc1N. The zero-order valence-corrected chi connectivity index (χ0v) is 7.90. The van der Waals surface area contributed by atoms with Gasteiger partial charge in [-0.1, -0.05) is 0 Å². The van der Waals surface area contributed by atoms with Gasteiger partial charge in [0, 0.05) is 24.6 Å². The van der Waals surface area contributed by atoms with Crippen LogP contribution in [0.4, 0.5) is 5.69 Å². The highest BCUT2D eigenvalue weighted by Crippen LogP contribution is 2.07. The fraction of sp³-hybridized carbons (Fsp3) is 0.333. The zero-order valence-electron chi connectivity index (χ0n) is 7.90. The normalized spacial score (nSPS) is 12.1. The van der Waals surface area contributed by atoms with Crippen LogP contribution >= 0.6 is 0 Å². The monoisotopic (exact) mass is 195 g/mol. The molecule has 0 radical (unpaired) electrons. The number of carbonyl (C=O) groups excluding carboxylic acids is 1. The van der Waals surface area contributed by atoms with Crippen molar-refractivity contribution in [2.45, 2.75) is 13.0 Å². The predicted molar refractivity (Wildman–Crippen MR) is 52.7 cm³/mol. The second kappa shape index (κ2) is 4.57. The molecule has 1 unspecified atom stereocenters. The highest BCUT2D eigenvalue weighted by atomic mass is 16.3. The van der Waals surface area contributed by atoms with Crippen LogP contribution < -0.4 is 11.1 Å². The van der Waals surface area contributed by atoms with Gasteiger partial charge in [0.25, 0.3) is 5.91 Å². The van der Waals surface area contributed by atoms with Crippen LogP contribution in [0.5, 0.6) is 0 Å². The number of nitrogens with zero attached hydrogens (tertiary/aromatic N) is 1. The zero-order chi connectivity index (χ0) is 10.6. The molecule has 0 aliphatic heterocycles. The number of hydrogen-bond donors (Lipinski definition) is 3. The molecule has 5 nitrogen and oxygen atoms in total. The summed E-state index contributed by atoms with van der Waals surface area (Å²) < 4.78 is 0. The number of nitrogens with one attached hydrogen (secondary N) is 1. The second-order valence-electron chi connectivity index (χ2n) is 3.02. The van der Waals surface area contributed by atoms with Crippen molar-refractivity contribution in [3.63, 3.8) is 0 Å². The molecule has 0 fully saturated rings. The van der Waals surface area contributed by atoms with Gasteiger partial charge in [0.15, 0.2) is 0 Å². The summed E-state index contributed by atoms with van der Waals surface area (Å²) in [6.07, 6.45) is 2.34. The molecule has 1 amide bonds. The fourth-order valence-corrected chi connectivity index (χ4v) is 0.931. The summed E-state index contributed by atoms with van der Waals surface area (Å²) in [6.45, 7) is 1.79. The van der Waals surface area contributed by atoms with E-state index < -0.39 is 6.10 Å². The molecule has 1 heterocycles. The van der Waals surface area contributed by atoms with E-state index >= 15 is 0 Å². The summed E-state index contributed by atoms with van der Waals surface area (Å²) in [6, 6.07) is 1.55. The van der Waals surface area contributed by atoms with E-state index in [0.717, 1.165) is 0 Å². The number of pyridine rings is 1. The summed E-state index contributed by atoms with van der Waals surface area (Å²) >= 11 is 0. The van der Waals surface area contributed by atoms with Gasteiger partial charge in [-0.2, -0.15) is 0 Å². The molecule has 5 heteroatoms. The van der Waals surface area contributed by atoms with Crippen molar-refractivity contribution in [1.82, 2.24) is 10.3 Å². The Morgan fingerprint density at radius 3 is 3.07 bits per heavy atom. The van der Waals surface area contributed by atoms with Crippen molar-refractivity contribution in [3.8, 4) is 0 Å². The van der Waals surface area contributed by atoms with E-state index in [9.17, 15) is 4.79 Å². The number of aromatic nitrogens is 1. The maximum atomic E-state index is 11.4. The summed E-state index contributed by atoms with van der Waals surface area (Å²) in [5.41, 5.74) is 6.27. The highest BCUT2D eigenvalue weighted by molar-refractivity contribution is 5.98. The molecule has 0 saturated heterocycles. The first kappa shape index (κ1) is 10.5. The summed E-state index contributed by atoms with van der Waals surface area (Å²) in [7, 11) is 0. The molecule has 0 aliphatic carbocycles. The molecule has 1 aromatic heterocycles. The van der Waals surface area contributed by atoms with Gasteiger partial charge in [0.1, 0.15) is 0 Å². The minimum absolute atomic E-state index is 0.202. The minimum atomic E-state index is -0.572. The lowest BCUT2D eigenvalue weighted by Gasteiger charge is -2.07. The Morgan fingerprint density at radius 2 is 2.50 bits per heavy atom. The summed E-state index contributed by atoms with van der Waals surface area (Å²) in [4.78, 5) is 15.2. The van der Waals surface area contributed by atoms with E-state index in [1.54, 1.807) is 13.0 Å². The van der Waals surface area contributed by atoms with E-state index in [2.05, 4.69) is 10.3 Å². The number of anilines is 1. The molecule has 0 aliphatic rings. The molecule has 0 saturated carbocycles. The van der Waals surface area contributed by atoms with E-state index in [1.807, 2.05) is 0 Å². The van der Waals surface area contributed by atoms with Crippen molar-refractivity contribution in [3.05, 3.63) is 24.0 Å². The number of aliphatic hydroxyl groups excluding tert-OH is 1. The first-order valence-electron chi connectivity index (χ1n) is 4.27. The molecule has 1 atom stereocenters. The highest BCUT2D eigenvalue weighted by Gasteiger charge is 2.09. The third-order valence-electron chi connectivity index (χ3n) is 1.66. The number of nitrogens with two attached hydrogens (primary N) is 1. The van der Waals surface area contributed by atoms with Gasteiger partial charge in [-0.25, -0.2) is 0 Å². The Balaban J connectivity index is 2.65. The quantitative estimate of drug-likeness (QED) is 0.622. The van der Waals surface area contributed by atoms with Gasteiger partial charge in [-0.15, -0.1) is 0 Å². The third kappa shape index (κ3) is 2.70. The molecular weight excluding hydrogens is 182 g/mol. The number of hydrogen-bond acceptors (Lipinski definition) is 4. The maximum Gasteiger partial charge on any atom is 0.255 e. The van der Waals surface area contributed by atoms with Crippen LogP contribution in [0.25, 0.3) is 0 Å². The first-order valence-corrected chi connectivity index (χ1v) is 4.27. The fourth-order valence-electron chi connectivity index (χ4n) is 0.931. The van der Waals surface area contributed by atoms with Crippen LogP contribution in [0.2, 0.25) is 0 Å². The lowest BCUT2D eigenvalue weighted by Crippen LogP contribution is -2.31. The molecule has 0 spiro atoms. The molecule has 76 valence electrons. The van der Waals surface area contributed by atoms with Crippen molar-refractivity contribution in [1.29, 1.82) is 0 Å². The number of amides is 1. The molecule has 4 N–H and O–H groups in total. The van der Waals surface area contributed by atoms with Gasteiger partial charge in [-0.3, -0.25) is 9.78 Å². The molecule has 1 rings (SSSR count). The standard InChI is InChI=1S/C9H13N3O2/c1-6(13)4-12-9(14)7-5-11-3-2-8(7)10/h2-3,5-6,13H,4H2,1H3,(H2,10,11)(H,12,14). The van der Waals surface area contributed by atoms with Crippen molar-refractivity contribution >= 4 is 11.6 Å². The smallest absolute Gasteiger partial charge is 0.255 e. The number of nitrogen functional groups attached to an aromatic ring is 1. The van der Waals surface area contributed by atoms with Crippen molar-refractivity contribution < 1.29 is 9.90 Å². The topological polar surface area (TPSA) is 88.2 Å². The predicted octanol–water partition coefficient (Wildman–Crippen LogP) is -0.226. The number of rotatable bonds is 3. The van der Waals surface area contributed by atoms with Gasteiger partial charge in [0.2, 0.25) is 0 Å². The molecule has 0 bridgehead atoms. The van der Waals surface area contributed by atoms with Crippen molar-refractivity contribution in [2.24, 2.45) is 0 Å². The molecule has 1 aromatic rings. The number of aliphatic hydroxyl groups is 1. The van der Waals surface area contributed by atoms with Gasteiger partial charge in [-0.05, 0) is 13.0 Å². The van der Waals surface area contributed by atoms with Crippen LogP contribution in [0.3, 0.4) is 0 Å². The Labute approximate surface area is 82.0 Å². The molecule has 0 aromatic carbocycles. The van der Waals surface area contributed by atoms with E-state index in [4.69, 9.17) is 10.8 Å². The Hall–Kier alpha value is -1.62. The van der Waals surface area contributed by atoms with Gasteiger partial charge in [0.05, 0.1) is 11.7 Å². The molecule has 14 heavy (non-hydrogen) atoms. The van der Waals surface area contributed by atoms with Crippen LogP contribution in [-0.2, 0) is 0 Å². The summed E-state index contributed by atoms with van der Waals surface area (Å²) in [5.74, 6) is -0.323. The third-order valence-corrected chi connectivity index (χ3v) is 1.66. The lowest BCUT2D eigenvalue weighted by atomic mass is 10.2. The second-order valence-corrected chi connectivity index (χ2v) is 3.02. The van der Waals surface area contributed by atoms with E-state index in [0.29, 0.717) is 11.3 Å². The van der Waals surface area contributed by atoms with E-state index in [1.165, 1.54) is 12.4 Å². The average molecular weight is 195 g/mol. The van der Waals surface area contributed by atoms with Crippen LogP contribution in [0.15, 0.2) is 18.5 Å². The van der Waals surface area contributed by atoms with E-state index in [-0.39, 0.29) is 12.5 Å². The summed E-state index contributed by atoms with van der Waals surface area (Å²) in [5, 5.41) is 11.5. The largest absolute Gasteiger partial charge is 0.398 e. The minimum Gasteiger partial charge on any atom is -0.398 e. The van der Waals surface area contributed by atoms with Crippen LogP contribution in [0.1, 0.15) is 17.3 Å². The average Bonchev–Trinajstić information content (AvgIpc) is 2.15. The van der Waals surface area contributed by atoms with Crippen LogP contribution in [0, 0.1) is 0 Å². The van der Waals surface area contributed by atoms with Crippen molar-refractivity contribution in [2.75, 3.05) is 12.3 Å². The van der Waals surface area contributed by atoms with Gasteiger partial charge >= 0.3 is 0 Å². The Morgan fingerprint density at radius 1 is 1.79 bits per heavy atom.